The molecular formula is C34H29BrIN5O9. The first-order valence-corrected chi connectivity index (χ1v) is 17.3. The third-order valence-electron chi connectivity index (χ3n) is 9.50. The molecule has 0 fully saturated rings. The van der Waals surface area contributed by atoms with Crippen molar-refractivity contribution in [3.8, 4) is 23.0 Å². The number of benzene rings is 2. The number of phenols is 1. The maximum absolute atomic E-state index is 14.1. The molecule has 50 heavy (non-hydrogen) atoms. The van der Waals surface area contributed by atoms with E-state index in [1.165, 1.54) is 41.3 Å². The van der Waals surface area contributed by atoms with E-state index >= 15 is 0 Å². The van der Waals surface area contributed by atoms with Gasteiger partial charge in [0, 0.05) is 71.7 Å². The molecule has 0 spiro atoms. The summed E-state index contributed by atoms with van der Waals surface area (Å²) < 4.78 is 22.0. The van der Waals surface area contributed by atoms with E-state index < -0.39 is 28.9 Å². The number of ketones is 2. The number of allylic oxidation sites excluding steroid dienone is 6. The smallest absolute Gasteiger partial charge is 0.347 e. The van der Waals surface area contributed by atoms with Gasteiger partial charge in [-0.1, -0.05) is 22.0 Å². The zero-order valence-electron chi connectivity index (χ0n) is 27.2. The van der Waals surface area contributed by atoms with Crippen LogP contribution < -0.4 is 31.1 Å². The minimum Gasteiger partial charge on any atom is -0.504 e. The molecular weight excluding hydrogens is 829 g/mol. The van der Waals surface area contributed by atoms with Crippen molar-refractivity contribution in [1.29, 1.82) is 0 Å². The molecule has 2 unspecified atom stereocenters. The van der Waals surface area contributed by atoms with Gasteiger partial charge in [-0.3, -0.25) is 14.4 Å². The van der Waals surface area contributed by atoms with E-state index in [0.717, 1.165) is 4.57 Å². The summed E-state index contributed by atoms with van der Waals surface area (Å²) in [4.78, 5) is 72.9. The Morgan fingerprint density at radius 2 is 1.68 bits per heavy atom. The lowest BCUT2D eigenvalue weighted by atomic mass is 9.68. The van der Waals surface area contributed by atoms with Crippen LogP contribution in [0.5, 0.6) is 23.0 Å². The average Bonchev–Trinajstić information content (AvgIpc) is 3.35. The van der Waals surface area contributed by atoms with Crippen LogP contribution in [0.15, 0.2) is 75.6 Å². The molecule has 3 aliphatic rings. The first-order valence-electron chi connectivity index (χ1n) is 15.4. The molecule has 2 atom stereocenters. The Morgan fingerprint density at radius 1 is 0.980 bits per heavy atom. The molecule has 3 heterocycles. The van der Waals surface area contributed by atoms with Crippen molar-refractivity contribution < 1.29 is 28.9 Å². The third-order valence-corrected chi connectivity index (χ3v) is 10.8. The van der Waals surface area contributed by atoms with Crippen LogP contribution in [-0.4, -0.2) is 61.5 Å². The predicted molar refractivity (Wildman–Crippen MR) is 193 cm³/mol. The molecule has 1 N–H and O–H groups in total. The van der Waals surface area contributed by atoms with Gasteiger partial charge in [0.25, 0.3) is 5.56 Å². The number of carbonyl (C=O) groups is 2. The minimum absolute atomic E-state index is 0.00932. The summed E-state index contributed by atoms with van der Waals surface area (Å²) in [5, 5.41) is 11.3. The predicted octanol–water partition coefficient (Wildman–Crippen LogP) is 3.23. The Hall–Kier alpha value is -4.71. The summed E-state index contributed by atoms with van der Waals surface area (Å²) in [6.45, 7) is -0.155. The minimum atomic E-state index is -0.912. The number of hydrogen-bond acceptors (Lipinski definition) is 10. The number of ether oxygens (including phenoxy) is 3. The second-order valence-electron chi connectivity index (χ2n) is 12.0. The van der Waals surface area contributed by atoms with Gasteiger partial charge in [0.1, 0.15) is 5.69 Å². The van der Waals surface area contributed by atoms with Gasteiger partial charge >= 0.3 is 11.4 Å². The van der Waals surface area contributed by atoms with E-state index in [0.29, 0.717) is 38.1 Å². The van der Waals surface area contributed by atoms with Crippen molar-refractivity contribution in [2.45, 2.75) is 37.9 Å². The summed E-state index contributed by atoms with van der Waals surface area (Å²) in [6.07, 6.45) is 2.99. The second kappa shape index (κ2) is 12.6. The summed E-state index contributed by atoms with van der Waals surface area (Å²) in [7, 11) is 5.98. The number of carbonyl (C=O) groups excluding carboxylic acids is 2. The fraction of sp³-hybridized carbons (Fsp3) is 0.294. The van der Waals surface area contributed by atoms with Crippen LogP contribution in [-0.2, 0) is 36.1 Å². The Morgan fingerprint density at radius 3 is 2.38 bits per heavy atom. The number of halogens is 2. The molecule has 4 aromatic rings. The first-order chi connectivity index (χ1) is 23.9. The zero-order chi connectivity index (χ0) is 35.8. The maximum Gasteiger partial charge on any atom is 0.347 e. The normalized spacial score (nSPS) is 18.4. The quantitative estimate of drug-likeness (QED) is 0.166. The van der Waals surface area contributed by atoms with E-state index in [-0.39, 0.29) is 69.4 Å². The Bertz CT molecular complexity index is 2470. The number of Topliss-reactive ketones (excluding diaryl/α,β-unsaturated/α-hetero) is 1. The molecule has 2 aromatic carbocycles. The molecule has 0 radical (unpaired) electrons. The Kier molecular flexibility index (Phi) is 8.48. The molecule has 258 valence electrons. The average molecular weight is 858 g/mol. The van der Waals surface area contributed by atoms with Crippen molar-refractivity contribution in [2.24, 2.45) is 7.05 Å². The van der Waals surface area contributed by atoms with Crippen molar-refractivity contribution in [2.75, 3.05) is 21.3 Å². The third kappa shape index (κ3) is 5.09. The molecule has 2 aromatic heterocycles. The number of fused-ring (bicyclic) bond motifs is 4. The lowest BCUT2D eigenvalue weighted by molar-refractivity contribution is -0.115. The van der Waals surface area contributed by atoms with Gasteiger partial charge in [-0.2, -0.15) is 0 Å². The Balaban J connectivity index is 1.31. The van der Waals surface area contributed by atoms with Gasteiger partial charge in [0.2, 0.25) is 0 Å². The monoisotopic (exact) mass is 857 g/mol. The van der Waals surface area contributed by atoms with E-state index in [9.17, 15) is 29.1 Å². The number of hydrogen-bond donors (Lipinski definition) is 1. The number of nitrogens with zero attached hydrogens (tertiary/aromatic N) is 5. The van der Waals surface area contributed by atoms with E-state index in [2.05, 4.69) is 20.9 Å². The van der Waals surface area contributed by atoms with Crippen molar-refractivity contribution in [3.05, 3.63) is 104 Å². The van der Waals surface area contributed by atoms with Crippen molar-refractivity contribution in [1.82, 2.24) is 23.5 Å². The van der Waals surface area contributed by atoms with E-state index in [1.54, 1.807) is 37.4 Å². The van der Waals surface area contributed by atoms with E-state index in [1.807, 2.05) is 22.6 Å². The van der Waals surface area contributed by atoms with E-state index in [4.69, 9.17) is 14.2 Å². The number of methoxy groups -OCH3 is 3. The highest BCUT2D eigenvalue weighted by Gasteiger charge is 2.46. The van der Waals surface area contributed by atoms with Gasteiger partial charge in [0.05, 0.1) is 48.5 Å². The molecule has 7 rings (SSSR count). The summed E-state index contributed by atoms with van der Waals surface area (Å²) in [5.41, 5.74) is 0.802. The molecule has 1 aliphatic heterocycles. The van der Waals surface area contributed by atoms with Crippen LogP contribution in [0.2, 0.25) is 0 Å². The van der Waals surface area contributed by atoms with Crippen LogP contribution in [0, 0.1) is 0 Å². The van der Waals surface area contributed by atoms with Gasteiger partial charge in [-0.15, -0.1) is 0 Å². The standard InChI is InChI=1S/C34H29BrIN5O9/c1-38-23-14-26(49-3)25(48-2)13-21(23)37-20(32(38)45)6-7-39-33(46)40-8-5-16-22(41(40)34(39)47)11-17-24(42)12-19(36)31(44)29(17)28(16)18-9-15(35)10-27(50-4)30(18)43/h5,9-10,12-14,22,28,43H,6-8,11H2,1-4H3. The molecule has 0 amide bonds. The van der Waals surface area contributed by atoms with Crippen LogP contribution in [0.1, 0.15) is 29.6 Å². The molecule has 0 saturated carbocycles. The van der Waals surface area contributed by atoms with Gasteiger partial charge < -0.3 is 23.9 Å². The number of aryl methyl sites for hydroxylation is 2. The van der Waals surface area contributed by atoms with Crippen molar-refractivity contribution >= 4 is 61.1 Å². The number of rotatable bonds is 7. The second-order valence-corrected chi connectivity index (χ2v) is 14.1. The maximum atomic E-state index is 14.1. The summed E-state index contributed by atoms with van der Waals surface area (Å²) in [6, 6.07) is 5.70. The fourth-order valence-electron chi connectivity index (χ4n) is 7.12. The number of aromatic hydroxyl groups is 1. The molecule has 0 saturated heterocycles. The molecule has 2 aliphatic carbocycles. The van der Waals surface area contributed by atoms with Gasteiger partial charge in [0.15, 0.2) is 34.6 Å². The van der Waals surface area contributed by atoms with Crippen LogP contribution in [0.25, 0.3) is 11.0 Å². The largest absolute Gasteiger partial charge is 0.504 e. The highest BCUT2D eigenvalue weighted by molar-refractivity contribution is 14.1. The SMILES string of the molecule is COc1cc2nc(CCn3c(=O)n4n(c3=O)C3CC5=C(C(=O)C(I)=CC5=O)C(c5cc(Br)cc(OC)c5O)C3=CC4)c(=O)n(C)c2cc1OC. The van der Waals surface area contributed by atoms with Crippen LogP contribution >= 0.6 is 38.5 Å². The lowest BCUT2D eigenvalue weighted by Crippen LogP contribution is -2.40. The van der Waals surface area contributed by atoms with Crippen LogP contribution in [0.4, 0.5) is 0 Å². The lowest BCUT2D eigenvalue weighted by Gasteiger charge is -2.39. The highest BCUT2D eigenvalue weighted by Crippen LogP contribution is 2.53. The first kappa shape index (κ1) is 33.8. The van der Waals surface area contributed by atoms with Gasteiger partial charge in [-0.05, 0) is 40.3 Å². The highest BCUT2D eigenvalue weighted by atomic mass is 127. The zero-order valence-corrected chi connectivity index (χ0v) is 30.9. The fourth-order valence-corrected chi connectivity index (χ4v) is 8.15. The summed E-state index contributed by atoms with van der Waals surface area (Å²) in [5.74, 6) is -0.844. The number of aromatic nitrogens is 5. The molecule has 16 heteroatoms. The molecule has 14 nitrogen and oxygen atoms in total. The number of phenolic OH excluding ortho intramolecular Hbond substituents is 1. The Labute approximate surface area is 305 Å². The summed E-state index contributed by atoms with van der Waals surface area (Å²) >= 11 is 5.29. The van der Waals surface area contributed by atoms with Gasteiger partial charge in [-0.25, -0.2) is 28.5 Å². The van der Waals surface area contributed by atoms with Crippen LogP contribution in [0.3, 0.4) is 0 Å². The topological polar surface area (TPSA) is 166 Å². The molecule has 0 bridgehead atoms. The van der Waals surface area contributed by atoms with Crippen molar-refractivity contribution in [3.63, 3.8) is 0 Å².